The summed E-state index contributed by atoms with van der Waals surface area (Å²) < 4.78 is 11.8. The van der Waals surface area contributed by atoms with Crippen molar-refractivity contribution in [2.45, 2.75) is 82.0 Å². The van der Waals surface area contributed by atoms with E-state index >= 15 is 0 Å². The van der Waals surface area contributed by atoms with Crippen LogP contribution in [0.4, 0.5) is 0 Å². The van der Waals surface area contributed by atoms with E-state index in [1.807, 2.05) is 0 Å². The van der Waals surface area contributed by atoms with Crippen LogP contribution in [-0.2, 0) is 9.47 Å². The number of aliphatic hydroxyl groups is 1. The molecule has 1 saturated carbocycles. The second-order valence-corrected chi connectivity index (χ2v) is 7.02. The maximum absolute atomic E-state index is 11.0. The first kappa shape index (κ1) is 13.8. The first-order valence-electron chi connectivity index (χ1n) is 8.10. The molecule has 2 saturated heterocycles. The van der Waals surface area contributed by atoms with Crippen molar-refractivity contribution in [2.75, 3.05) is 13.2 Å². The van der Waals surface area contributed by atoms with Crippen LogP contribution in [0.3, 0.4) is 0 Å². The van der Waals surface area contributed by atoms with Crippen molar-refractivity contribution in [1.29, 1.82) is 0 Å². The molecule has 0 amide bonds. The summed E-state index contributed by atoms with van der Waals surface area (Å²) in [6.07, 6.45) is 10.2. The van der Waals surface area contributed by atoms with E-state index < -0.39 is 5.60 Å². The van der Waals surface area contributed by atoms with Crippen molar-refractivity contribution in [2.24, 2.45) is 5.92 Å². The molecule has 0 aromatic carbocycles. The van der Waals surface area contributed by atoms with Crippen molar-refractivity contribution in [3.63, 3.8) is 0 Å². The minimum atomic E-state index is -0.508. The normalized spacial score (nSPS) is 43.3. The van der Waals surface area contributed by atoms with Crippen molar-refractivity contribution >= 4 is 0 Å². The molecule has 0 radical (unpaired) electrons. The van der Waals surface area contributed by atoms with Gasteiger partial charge in [0.2, 0.25) is 0 Å². The molecule has 0 aromatic heterocycles. The molecule has 3 heteroatoms. The molecule has 3 aliphatic rings. The third-order valence-electron chi connectivity index (χ3n) is 5.60. The molecule has 19 heavy (non-hydrogen) atoms. The number of rotatable bonds is 1. The molecule has 3 fully saturated rings. The zero-order chi connectivity index (χ0) is 13.3. The van der Waals surface area contributed by atoms with Crippen LogP contribution in [-0.4, -0.2) is 35.6 Å². The van der Waals surface area contributed by atoms with Gasteiger partial charge in [-0.05, 0) is 44.9 Å². The van der Waals surface area contributed by atoms with Gasteiger partial charge in [-0.25, -0.2) is 0 Å². The average Bonchev–Trinajstić information content (AvgIpc) is 2.39. The minimum absolute atomic E-state index is 0.0957. The highest BCUT2D eigenvalue weighted by molar-refractivity contribution is 4.98. The highest BCUT2D eigenvalue weighted by atomic mass is 16.5. The molecule has 3 unspecified atom stereocenters. The molecule has 1 N–H and O–H groups in total. The Morgan fingerprint density at radius 1 is 1.00 bits per heavy atom. The first-order valence-corrected chi connectivity index (χ1v) is 8.10. The lowest BCUT2D eigenvalue weighted by Crippen LogP contribution is -2.52. The van der Waals surface area contributed by atoms with E-state index in [-0.39, 0.29) is 11.7 Å². The highest BCUT2D eigenvalue weighted by Gasteiger charge is 2.47. The van der Waals surface area contributed by atoms with E-state index in [0.717, 1.165) is 32.3 Å². The molecule has 2 heterocycles. The Hall–Kier alpha value is -0.120. The topological polar surface area (TPSA) is 38.7 Å². The van der Waals surface area contributed by atoms with E-state index in [4.69, 9.17) is 9.47 Å². The lowest BCUT2D eigenvalue weighted by Gasteiger charge is -2.50. The van der Waals surface area contributed by atoms with Crippen LogP contribution < -0.4 is 0 Å². The zero-order valence-corrected chi connectivity index (χ0v) is 12.2. The molecule has 2 aliphatic heterocycles. The van der Waals surface area contributed by atoms with Crippen molar-refractivity contribution < 1.29 is 14.6 Å². The molecule has 1 aliphatic carbocycles. The molecule has 110 valence electrons. The molecule has 0 bridgehead atoms. The van der Waals surface area contributed by atoms with Crippen LogP contribution in [0.5, 0.6) is 0 Å². The Morgan fingerprint density at radius 2 is 1.79 bits per heavy atom. The second-order valence-electron chi connectivity index (χ2n) is 7.02. The highest BCUT2D eigenvalue weighted by Crippen LogP contribution is 2.46. The summed E-state index contributed by atoms with van der Waals surface area (Å²) in [7, 11) is 0. The SMILES string of the molecule is CC1CC(O)(C2CCOC3(CCCCC3)C2)CCO1. The molecule has 3 rings (SSSR count). The zero-order valence-electron chi connectivity index (χ0n) is 12.2. The third-order valence-corrected chi connectivity index (χ3v) is 5.60. The summed E-state index contributed by atoms with van der Waals surface area (Å²) in [4.78, 5) is 0. The predicted molar refractivity (Wildman–Crippen MR) is 74.1 cm³/mol. The number of hydrogen-bond donors (Lipinski definition) is 1. The quantitative estimate of drug-likeness (QED) is 0.794. The van der Waals surface area contributed by atoms with Gasteiger partial charge in [-0.3, -0.25) is 0 Å². The molecule has 3 atom stereocenters. The van der Waals surface area contributed by atoms with Crippen LogP contribution in [0.2, 0.25) is 0 Å². The van der Waals surface area contributed by atoms with Crippen LogP contribution in [0.25, 0.3) is 0 Å². The van der Waals surface area contributed by atoms with Gasteiger partial charge >= 0.3 is 0 Å². The van der Waals surface area contributed by atoms with Gasteiger partial charge in [0.05, 0.1) is 17.3 Å². The van der Waals surface area contributed by atoms with Gasteiger partial charge in [0, 0.05) is 19.6 Å². The number of ether oxygens (including phenoxy) is 2. The van der Waals surface area contributed by atoms with Gasteiger partial charge in [-0.2, -0.15) is 0 Å². The largest absolute Gasteiger partial charge is 0.389 e. The van der Waals surface area contributed by atoms with Gasteiger partial charge in [0.15, 0.2) is 0 Å². The Morgan fingerprint density at radius 3 is 2.53 bits per heavy atom. The fourth-order valence-electron chi connectivity index (χ4n) is 4.50. The van der Waals surface area contributed by atoms with Crippen LogP contribution >= 0.6 is 0 Å². The maximum Gasteiger partial charge on any atom is 0.0724 e. The van der Waals surface area contributed by atoms with E-state index in [1.165, 1.54) is 32.1 Å². The summed E-state index contributed by atoms with van der Waals surface area (Å²) in [5.74, 6) is 0.408. The Balaban J connectivity index is 1.70. The van der Waals surface area contributed by atoms with Crippen molar-refractivity contribution in [3.05, 3.63) is 0 Å². The van der Waals surface area contributed by atoms with E-state index in [1.54, 1.807) is 0 Å². The minimum Gasteiger partial charge on any atom is -0.389 e. The fourth-order valence-corrected chi connectivity index (χ4v) is 4.50. The molecule has 1 spiro atoms. The Bertz CT molecular complexity index is 306. The van der Waals surface area contributed by atoms with Gasteiger partial charge in [0.1, 0.15) is 0 Å². The standard InChI is InChI=1S/C16H28O3/c1-13-11-16(17,8-10-18-13)14-5-9-19-15(12-14)6-3-2-4-7-15/h13-14,17H,2-12H2,1H3. The van der Waals surface area contributed by atoms with Crippen LogP contribution in [0.15, 0.2) is 0 Å². The van der Waals surface area contributed by atoms with Gasteiger partial charge in [-0.1, -0.05) is 19.3 Å². The Labute approximate surface area is 116 Å². The second kappa shape index (κ2) is 5.34. The van der Waals surface area contributed by atoms with Gasteiger partial charge in [-0.15, -0.1) is 0 Å². The fraction of sp³-hybridized carbons (Fsp3) is 1.00. The summed E-state index contributed by atoms with van der Waals surface area (Å²) in [6.45, 7) is 3.63. The molecular formula is C16H28O3. The van der Waals surface area contributed by atoms with E-state index in [0.29, 0.717) is 12.5 Å². The molecule has 3 nitrogen and oxygen atoms in total. The van der Waals surface area contributed by atoms with Crippen LogP contribution in [0.1, 0.15) is 64.7 Å². The summed E-state index contributed by atoms with van der Waals surface area (Å²) in [6, 6.07) is 0. The number of hydrogen-bond acceptors (Lipinski definition) is 3. The van der Waals surface area contributed by atoms with E-state index in [2.05, 4.69) is 6.92 Å². The van der Waals surface area contributed by atoms with Crippen molar-refractivity contribution in [3.8, 4) is 0 Å². The summed E-state index contributed by atoms with van der Waals surface area (Å²) >= 11 is 0. The van der Waals surface area contributed by atoms with Crippen LogP contribution in [0, 0.1) is 5.92 Å². The van der Waals surface area contributed by atoms with Crippen molar-refractivity contribution in [1.82, 2.24) is 0 Å². The average molecular weight is 268 g/mol. The first-order chi connectivity index (χ1) is 9.12. The van der Waals surface area contributed by atoms with Gasteiger partial charge < -0.3 is 14.6 Å². The summed E-state index contributed by atoms with van der Waals surface area (Å²) in [5.41, 5.74) is -0.412. The lowest BCUT2D eigenvalue weighted by atomic mass is 9.68. The molecule has 0 aromatic rings. The predicted octanol–water partition coefficient (Wildman–Crippen LogP) is 3.05. The third kappa shape index (κ3) is 2.84. The monoisotopic (exact) mass is 268 g/mol. The van der Waals surface area contributed by atoms with E-state index in [9.17, 15) is 5.11 Å². The Kier molecular flexibility index (Phi) is 3.89. The maximum atomic E-state index is 11.0. The van der Waals surface area contributed by atoms with Gasteiger partial charge in [0.25, 0.3) is 0 Å². The smallest absolute Gasteiger partial charge is 0.0724 e. The molecular weight excluding hydrogens is 240 g/mol. The lowest BCUT2D eigenvalue weighted by molar-refractivity contribution is -0.184. The summed E-state index contributed by atoms with van der Waals surface area (Å²) in [5, 5.41) is 11.0.